The number of hydrogen-bond donors (Lipinski definition) is 3. The third kappa shape index (κ3) is 4.19. The normalized spacial score (nSPS) is 17.0. The van der Waals surface area contributed by atoms with Gasteiger partial charge in [0.25, 0.3) is 0 Å². The Hall–Kier alpha value is -0.720. The summed E-state index contributed by atoms with van der Waals surface area (Å²) in [5, 5.41) is 6.89. The Bertz CT molecular complexity index is 178. The lowest BCUT2D eigenvalue weighted by Crippen LogP contribution is -2.22. The van der Waals surface area contributed by atoms with Crippen molar-refractivity contribution in [2.75, 3.05) is 0 Å². The second-order valence-corrected chi connectivity index (χ2v) is 2.53. The monoisotopic (exact) mass is 165 g/mol. The summed E-state index contributed by atoms with van der Waals surface area (Å²) < 4.78 is 18.3. The van der Waals surface area contributed by atoms with Gasteiger partial charge in [0.15, 0.2) is 11.1 Å². The highest BCUT2D eigenvalue weighted by atomic mass is 32.2. The van der Waals surface area contributed by atoms with Crippen molar-refractivity contribution in [2.45, 2.75) is 5.37 Å². The van der Waals surface area contributed by atoms with Gasteiger partial charge in [0.05, 0.1) is 0 Å². The average molecular weight is 165 g/mol. The molecule has 5 nitrogen and oxygen atoms in total. The maximum Gasteiger partial charge on any atom is 0.328 e. The van der Waals surface area contributed by atoms with Gasteiger partial charge in [0.1, 0.15) is 5.37 Å². The lowest BCUT2D eigenvalue weighted by Gasteiger charge is -1.96. The molecule has 4 N–H and O–H groups in total. The van der Waals surface area contributed by atoms with E-state index in [1.807, 2.05) is 0 Å². The number of rotatable bonds is 3. The largest absolute Gasteiger partial charge is 0.478 e. The van der Waals surface area contributed by atoms with Crippen LogP contribution >= 0.6 is 0 Å². The van der Waals surface area contributed by atoms with E-state index in [1.54, 1.807) is 0 Å². The number of carboxylic acids is 1. The van der Waals surface area contributed by atoms with Crippen LogP contribution in [0.1, 0.15) is 0 Å². The van der Waals surface area contributed by atoms with Crippen molar-refractivity contribution < 1.29 is 18.7 Å². The van der Waals surface area contributed by atoms with Crippen LogP contribution in [0, 0.1) is 0 Å². The second-order valence-electron chi connectivity index (χ2n) is 1.44. The van der Waals surface area contributed by atoms with Crippen LogP contribution in [0.3, 0.4) is 0 Å². The Morgan fingerprint density at radius 1 is 1.70 bits per heavy atom. The van der Waals surface area contributed by atoms with Crippen molar-refractivity contribution in [3.05, 3.63) is 12.2 Å². The molecule has 58 valence electrons. The summed E-state index contributed by atoms with van der Waals surface area (Å²) >= 11 is -2.20. The molecule has 0 aromatic heterocycles. The predicted octanol–water partition coefficient (Wildman–Crippen LogP) is -0.866. The molecule has 0 saturated heterocycles. The van der Waals surface area contributed by atoms with Crippen molar-refractivity contribution in [3.63, 3.8) is 0 Å². The fraction of sp³-hybridized carbons (Fsp3) is 0.250. The van der Waals surface area contributed by atoms with Crippen molar-refractivity contribution >= 4 is 17.0 Å². The fourth-order valence-electron chi connectivity index (χ4n) is 0.244. The van der Waals surface area contributed by atoms with Crippen LogP contribution in [0.2, 0.25) is 0 Å². The molecule has 2 unspecified atom stereocenters. The zero-order chi connectivity index (χ0) is 8.15. The lowest BCUT2D eigenvalue weighted by atomic mass is 10.5. The number of hydrogen-bond acceptors (Lipinski definition) is 3. The van der Waals surface area contributed by atoms with Crippen LogP contribution in [0.25, 0.3) is 0 Å². The van der Waals surface area contributed by atoms with Crippen LogP contribution in [-0.2, 0) is 15.9 Å². The minimum atomic E-state index is -2.20. The Labute approximate surface area is 59.8 Å². The van der Waals surface area contributed by atoms with Crippen LogP contribution in [0.4, 0.5) is 0 Å². The first kappa shape index (κ1) is 9.28. The van der Waals surface area contributed by atoms with Gasteiger partial charge in [-0.25, -0.2) is 9.00 Å². The van der Waals surface area contributed by atoms with Gasteiger partial charge in [-0.1, -0.05) is 0 Å². The maximum atomic E-state index is 10.1. The highest BCUT2D eigenvalue weighted by Crippen LogP contribution is 1.85. The molecule has 6 heteroatoms. The van der Waals surface area contributed by atoms with Crippen molar-refractivity contribution in [2.24, 2.45) is 5.73 Å². The van der Waals surface area contributed by atoms with E-state index in [0.717, 1.165) is 12.2 Å². The number of carbonyl (C=O) groups is 1. The zero-order valence-electron chi connectivity index (χ0n) is 4.93. The molecule has 0 saturated carbocycles. The van der Waals surface area contributed by atoms with E-state index in [0.29, 0.717) is 0 Å². The molecule has 0 aliphatic heterocycles. The smallest absolute Gasteiger partial charge is 0.328 e. The van der Waals surface area contributed by atoms with E-state index in [9.17, 15) is 9.00 Å². The highest BCUT2D eigenvalue weighted by Gasteiger charge is 2.02. The van der Waals surface area contributed by atoms with E-state index in [1.165, 1.54) is 0 Å². The molecule has 0 amide bonds. The molecular formula is C4H7NO4S. The molecule has 0 radical (unpaired) electrons. The first-order valence-electron chi connectivity index (χ1n) is 2.30. The van der Waals surface area contributed by atoms with Gasteiger partial charge in [-0.2, -0.15) is 0 Å². The van der Waals surface area contributed by atoms with Gasteiger partial charge < -0.3 is 15.4 Å². The summed E-state index contributed by atoms with van der Waals surface area (Å²) in [4.78, 5) is 9.80. The van der Waals surface area contributed by atoms with E-state index >= 15 is 0 Å². The number of aliphatic carboxylic acids is 1. The molecule has 0 spiro atoms. The van der Waals surface area contributed by atoms with E-state index in [4.69, 9.17) is 15.4 Å². The molecule has 0 aromatic rings. The van der Waals surface area contributed by atoms with Gasteiger partial charge in [-0.05, 0) is 6.08 Å². The topological polar surface area (TPSA) is 101 Å². The standard InChI is InChI=1S/C4H7NO4S/c5-3(10(8)9)1-2-4(6)7/h1-3H,5H2,(H,6,7)(H,8,9)/b2-1+. The number of nitrogens with two attached hydrogens (primary N) is 1. The third-order valence-electron chi connectivity index (χ3n) is 0.661. The predicted molar refractivity (Wildman–Crippen MR) is 35.5 cm³/mol. The van der Waals surface area contributed by atoms with Gasteiger partial charge in [0, 0.05) is 6.08 Å². The Morgan fingerprint density at radius 2 is 2.20 bits per heavy atom. The van der Waals surface area contributed by atoms with Gasteiger partial charge in [-0.15, -0.1) is 0 Å². The quantitative estimate of drug-likeness (QED) is 0.373. The SMILES string of the molecule is NC(/C=C/C(=O)O)S(=O)O. The average Bonchev–Trinajstić information content (AvgIpc) is 1.82. The Kier molecular flexibility index (Phi) is 3.85. The summed E-state index contributed by atoms with van der Waals surface area (Å²) in [5.41, 5.74) is 4.96. The van der Waals surface area contributed by atoms with Gasteiger partial charge in [0.2, 0.25) is 0 Å². The van der Waals surface area contributed by atoms with Crippen molar-refractivity contribution in [3.8, 4) is 0 Å². The Balaban J connectivity index is 3.89. The van der Waals surface area contributed by atoms with Crippen LogP contribution in [0.5, 0.6) is 0 Å². The summed E-state index contributed by atoms with van der Waals surface area (Å²) in [6.45, 7) is 0. The molecule has 10 heavy (non-hydrogen) atoms. The zero-order valence-corrected chi connectivity index (χ0v) is 5.75. The van der Waals surface area contributed by atoms with E-state index < -0.39 is 22.4 Å². The van der Waals surface area contributed by atoms with Crippen molar-refractivity contribution in [1.82, 2.24) is 0 Å². The molecular weight excluding hydrogens is 158 g/mol. The summed E-state index contributed by atoms with van der Waals surface area (Å²) in [5.74, 6) is -1.19. The minimum absolute atomic E-state index is 0.721. The maximum absolute atomic E-state index is 10.1. The molecule has 0 aliphatic carbocycles. The molecule has 0 aliphatic rings. The summed E-state index contributed by atoms with van der Waals surface area (Å²) in [6, 6.07) is 0. The van der Waals surface area contributed by atoms with Crippen molar-refractivity contribution in [1.29, 1.82) is 0 Å². The van der Waals surface area contributed by atoms with E-state index in [2.05, 4.69) is 0 Å². The summed E-state index contributed by atoms with van der Waals surface area (Å²) in [6.07, 6.45) is 1.66. The first-order chi connectivity index (χ1) is 4.54. The molecule has 0 heterocycles. The van der Waals surface area contributed by atoms with Crippen LogP contribution < -0.4 is 5.73 Å². The highest BCUT2D eigenvalue weighted by molar-refractivity contribution is 7.80. The third-order valence-corrected chi connectivity index (χ3v) is 1.28. The van der Waals surface area contributed by atoms with E-state index in [-0.39, 0.29) is 0 Å². The number of carboxylic acid groups (broad SMARTS) is 1. The first-order valence-corrected chi connectivity index (χ1v) is 3.47. The molecule has 0 rings (SSSR count). The molecule has 2 atom stereocenters. The fourth-order valence-corrected chi connectivity index (χ4v) is 0.457. The van der Waals surface area contributed by atoms with Crippen LogP contribution in [-0.4, -0.2) is 25.2 Å². The van der Waals surface area contributed by atoms with Gasteiger partial charge in [-0.3, -0.25) is 0 Å². The molecule has 0 fully saturated rings. The van der Waals surface area contributed by atoms with Crippen LogP contribution in [0.15, 0.2) is 12.2 Å². The minimum Gasteiger partial charge on any atom is -0.478 e. The molecule has 0 bridgehead atoms. The molecule has 0 aromatic carbocycles. The second kappa shape index (κ2) is 4.15. The Morgan fingerprint density at radius 3 is 2.50 bits per heavy atom. The van der Waals surface area contributed by atoms with Gasteiger partial charge >= 0.3 is 5.97 Å². The summed E-state index contributed by atoms with van der Waals surface area (Å²) in [7, 11) is 0. The lowest BCUT2D eigenvalue weighted by molar-refractivity contribution is -0.131.